The minimum absolute atomic E-state index is 0.156. The second-order valence-corrected chi connectivity index (χ2v) is 7.95. The topological polar surface area (TPSA) is 37.4 Å². The predicted molar refractivity (Wildman–Crippen MR) is 89.0 cm³/mol. The number of aromatic nitrogens is 1. The molecule has 0 saturated carbocycles. The molecule has 1 aromatic rings. The quantitative estimate of drug-likeness (QED) is 0.848. The Balaban J connectivity index is 1.69. The Kier molecular flexibility index (Phi) is 5.77. The molecule has 2 heterocycles. The molecule has 0 bridgehead atoms. The van der Waals surface area contributed by atoms with Gasteiger partial charge in [-0.2, -0.15) is 0 Å². The average molecular weight is 311 g/mol. The molecule has 21 heavy (non-hydrogen) atoms. The molecule has 0 radical (unpaired) electrons. The highest BCUT2D eigenvalue weighted by Gasteiger charge is 2.21. The Labute approximate surface area is 132 Å². The summed E-state index contributed by atoms with van der Waals surface area (Å²) in [4.78, 5) is 7.19. The first-order valence-electron chi connectivity index (χ1n) is 7.88. The van der Waals surface area contributed by atoms with E-state index in [1.165, 1.54) is 5.01 Å². The first-order chi connectivity index (χ1) is 9.84. The Bertz CT molecular complexity index is 431. The van der Waals surface area contributed by atoms with Crippen LogP contribution < -0.4 is 5.32 Å². The molecule has 0 aromatic carbocycles. The molecule has 0 spiro atoms. The SMILES string of the molecule is C[C@@H]1CN(CCNCc2csc(C(C)(C)C)n2)C[C@@H](C)O1. The zero-order valence-corrected chi connectivity index (χ0v) is 14.8. The van der Waals surface area contributed by atoms with Crippen molar-refractivity contribution in [2.24, 2.45) is 0 Å². The molecule has 1 saturated heterocycles. The van der Waals surface area contributed by atoms with Crippen LogP contribution in [-0.4, -0.2) is 48.3 Å². The Morgan fingerprint density at radius 3 is 2.57 bits per heavy atom. The zero-order chi connectivity index (χ0) is 15.5. The van der Waals surface area contributed by atoms with Gasteiger partial charge in [-0.3, -0.25) is 4.90 Å². The van der Waals surface area contributed by atoms with Crippen LogP contribution in [-0.2, 0) is 16.7 Å². The van der Waals surface area contributed by atoms with E-state index in [9.17, 15) is 0 Å². The molecular formula is C16H29N3OS. The van der Waals surface area contributed by atoms with Crippen LogP contribution in [0.2, 0.25) is 0 Å². The van der Waals surface area contributed by atoms with Gasteiger partial charge in [-0.15, -0.1) is 11.3 Å². The fraction of sp³-hybridized carbons (Fsp3) is 0.812. The number of nitrogens with one attached hydrogen (secondary N) is 1. The van der Waals surface area contributed by atoms with Crippen LogP contribution in [0, 0.1) is 0 Å². The van der Waals surface area contributed by atoms with Gasteiger partial charge < -0.3 is 10.1 Å². The summed E-state index contributed by atoms with van der Waals surface area (Å²) >= 11 is 1.77. The van der Waals surface area contributed by atoms with Crippen molar-refractivity contribution in [3.8, 4) is 0 Å². The van der Waals surface area contributed by atoms with Crippen molar-refractivity contribution >= 4 is 11.3 Å². The van der Waals surface area contributed by atoms with E-state index in [1.54, 1.807) is 11.3 Å². The van der Waals surface area contributed by atoms with E-state index in [0.29, 0.717) is 12.2 Å². The third-order valence-corrected chi connectivity index (χ3v) is 4.92. The highest BCUT2D eigenvalue weighted by atomic mass is 32.1. The van der Waals surface area contributed by atoms with E-state index in [-0.39, 0.29) is 5.41 Å². The lowest BCUT2D eigenvalue weighted by atomic mass is 9.98. The number of rotatable bonds is 5. The van der Waals surface area contributed by atoms with E-state index >= 15 is 0 Å². The summed E-state index contributed by atoms with van der Waals surface area (Å²) < 4.78 is 5.76. The second kappa shape index (κ2) is 7.18. The molecule has 2 rings (SSSR count). The molecular weight excluding hydrogens is 282 g/mol. The van der Waals surface area contributed by atoms with E-state index in [0.717, 1.165) is 38.4 Å². The molecule has 5 heteroatoms. The van der Waals surface area contributed by atoms with E-state index in [2.05, 4.69) is 50.2 Å². The second-order valence-electron chi connectivity index (χ2n) is 7.09. The minimum Gasteiger partial charge on any atom is -0.373 e. The maximum atomic E-state index is 5.76. The van der Waals surface area contributed by atoms with Crippen molar-refractivity contribution in [3.63, 3.8) is 0 Å². The molecule has 4 nitrogen and oxygen atoms in total. The monoisotopic (exact) mass is 311 g/mol. The molecule has 2 atom stereocenters. The van der Waals surface area contributed by atoms with Gasteiger partial charge in [0, 0.05) is 43.5 Å². The Hall–Kier alpha value is -0.490. The molecule has 120 valence electrons. The number of hydrogen-bond donors (Lipinski definition) is 1. The van der Waals surface area contributed by atoms with Gasteiger partial charge in [0.05, 0.1) is 22.9 Å². The van der Waals surface area contributed by atoms with Gasteiger partial charge >= 0.3 is 0 Å². The highest BCUT2D eigenvalue weighted by Crippen LogP contribution is 2.25. The lowest BCUT2D eigenvalue weighted by Crippen LogP contribution is -2.47. The average Bonchev–Trinajstić information content (AvgIpc) is 2.82. The van der Waals surface area contributed by atoms with E-state index in [4.69, 9.17) is 9.72 Å². The third-order valence-electron chi connectivity index (χ3n) is 3.60. The standard InChI is InChI=1S/C16H29N3OS/c1-12-9-19(10-13(2)20-12)7-6-17-8-14-11-21-15(18-14)16(3,4)5/h11-13,17H,6-10H2,1-5H3/t12-,13-/m1/s1. The van der Waals surface area contributed by atoms with E-state index < -0.39 is 0 Å². The van der Waals surface area contributed by atoms with Crippen molar-refractivity contribution in [3.05, 3.63) is 16.1 Å². The summed E-state index contributed by atoms with van der Waals surface area (Å²) in [5.74, 6) is 0. The lowest BCUT2D eigenvalue weighted by Gasteiger charge is -2.35. The normalized spacial score (nSPS) is 24.4. The molecule has 0 aliphatic carbocycles. The number of thiazole rings is 1. The number of ether oxygens (including phenoxy) is 1. The molecule has 0 amide bonds. The maximum Gasteiger partial charge on any atom is 0.0982 e. The molecule has 1 aliphatic heterocycles. The van der Waals surface area contributed by atoms with Gasteiger partial charge in [0.1, 0.15) is 0 Å². The summed E-state index contributed by atoms with van der Waals surface area (Å²) in [6.45, 7) is 16.0. The van der Waals surface area contributed by atoms with Gasteiger partial charge in [-0.1, -0.05) is 20.8 Å². The number of morpholine rings is 1. The summed E-state index contributed by atoms with van der Waals surface area (Å²) in [6, 6.07) is 0. The molecule has 1 aromatic heterocycles. The fourth-order valence-corrected chi connectivity index (χ4v) is 3.56. The van der Waals surface area contributed by atoms with Gasteiger partial charge in [0.15, 0.2) is 0 Å². The largest absolute Gasteiger partial charge is 0.373 e. The number of hydrogen-bond acceptors (Lipinski definition) is 5. The van der Waals surface area contributed by atoms with Crippen LogP contribution in [0.25, 0.3) is 0 Å². The molecule has 1 aliphatic rings. The fourth-order valence-electron chi connectivity index (χ4n) is 2.65. The summed E-state index contributed by atoms with van der Waals surface area (Å²) in [5, 5.41) is 6.90. The van der Waals surface area contributed by atoms with Crippen LogP contribution in [0.4, 0.5) is 0 Å². The molecule has 1 fully saturated rings. The van der Waals surface area contributed by atoms with Crippen molar-refractivity contribution in [2.75, 3.05) is 26.2 Å². The van der Waals surface area contributed by atoms with Crippen LogP contribution in [0.1, 0.15) is 45.3 Å². The van der Waals surface area contributed by atoms with Crippen molar-refractivity contribution < 1.29 is 4.74 Å². The minimum atomic E-state index is 0.156. The molecule has 1 N–H and O–H groups in total. The molecule has 0 unspecified atom stereocenters. The van der Waals surface area contributed by atoms with Crippen LogP contribution in [0.3, 0.4) is 0 Å². The predicted octanol–water partition coefficient (Wildman–Crippen LogP) is 2.64. The third kappa shape index (κ3) is 5.33. The first kappa shape index (κ1) is 16.9. The van der Waals surface area contributed by atoms with Crippen molar-refractivity contribution in [1.82, 2.24) is 15.2 Å². The van der Waals surface area contributed by atoms with Gasteiger partial charge in [0.2, 0.25) is 0 Å². The summed E-state index contributed by atoms with van der Waals surface area (Å²) in [5.41, 5.74) is 1.32. The van der Waals surface area contributed by atoms with Gasteiger partial charge in [-0.25, -0.2) is 4.98 Å². The van der Waals surface area contributed by atoms with Crippen molar-refractivity contribution in [1.29, 1.82) is 0 Å². The van der Waals surface area contributed by atoms with Crippen LogP contribution in [0.5, 0.6) is 0 Å². The smallest absolute Gasteiger partial charge is 0.0982 e. The lowest BCUT2D eigenvalue weighted by molar-refractivity contribution is -0.0674. The van der Waals surface area contributed by atoms with Crippen LogP contribution >= 0.6 is 11.3 Å². The van der Waals surface area contributed by atoms with Crippen molar-refractivity contribution in [2.45, 2.75) is 58.8 Å². The number of nitrogens with zero attached hydrogens (tertiary/aromatic N) is 2. The van der Waals surface area contributed by atoms with E-state index in [1.807, 2.05) is 0 Å². The van der Waals surface area contributed by atoms with Gasteiger partial charge in [-0.05, 0) is 13.8 Å². The maximum absolute atomic E-state index is 5.76. The van der Waals surface area contributed by atoms with Gasteiger partial charge in [0.25, 0.3) is 0 Å². The first-order valence-corrected chi connectivity index (χ1v) is 8.76. The summed E-state index contributed by atoms with van der Waals surface area (Å²) in [6.07, 6.45) is 0.697. The Morgan fingerprint density at radius 1 is 1.33 bits per heavy atom. The van der Waals surface area contributed by atoms with Crippen LogP contribution in [0.15, 0.2) is 5.38 Å². The zero-order valence-electron chi connectivity index (χ0n) is 14.0. The summed E-state index contributed by atoms with van der Waals surface area (Å²) in [7, 11) is 0. The highest BCUT2D eigenvalue weighted by molar-refractivity contribution is 7.09. The Morgan fingerprint density at radius 2 is 2.00 bits per heavy atom.